The van der Waals surface area contributed by atoms with E-state index in [4.69, 9.17) is 16.3 Å². The second-order valence-electron chi connectivity index (χ2n) is 4.66. The van der Waals surface area contributed by atoms with Gasteiger partial charge in [0.25, 0.3) is 0 Å². The number of ether oxygens (including phenoxy) is 1. The molecular formula is C13H17ClO2. The minimum Gasteiger partial charge on any atom is -0.456 e. The van der Waals surface area contributed by atoms with Gasteiger partial charge in [-0.1, -0.05) is 24.6 Å². The first-order valence-electron chi connectivity index (χ1n) is 5.35. The molecule has 0 saturated carbocycles. The number of halogens is 1. The van der Waals surface area contributed by atoms with Crippen LogP contribution in [0.1, 0.15) is 43.6 Å². The molecule has 0 N–H and O–H groups in total. The maximum absolute atomic E-state index is 11.9. The van der Waals surface area contributed by atoms with Crippen LogP contribution in [0, 0.1) is 0 Å². The van der Waals surface area contributed by atoms with Crippen LogP contribution < -0.4 is 0 Å². The van der Waals surface area contributed by atoms with Crippen molar-refractivity contribution in [3.8, 4) is 0 Å². The number of aryl methyl sites for hydroxylation is 1. The van der Waals surface area contributed by atoms with Crippen molar-refractivity contribution in [3.05, 3.63) is 34.3 Å². The summed E-state index contributed by atoms with van der Waals surface area (Å²) in [6.07, 6.45) is 0.783. The van der Waals surface area contributed by atoms with Gasteiger partial charge in [-0.2, -0.15) is 0 Å². The maximum atomic E-state index is 11.9. The average Bonchev–Trinajstić information content (AvgIpc) is 2.15. The zero-order valence-corrected chi connectivity index (χ0v) is 10.9. The lowest BCUT2D eigenvalue weighted by Gasteiger charge is -2.20. The Bertz CT molecular complexity index is 391. The molecule has 0 aliphatic carbocycles. The standard InChI is InChI=1S/C13H17ClO2/c1-5-9-6-7-10(14)8-11(9)12(15)16-13(2,3)4/h6-8H,5H2,1-4H3. The topological polar surface area (TPSA) is 26.3 Å². The highest BCUT2D eigenvalue weighted by Crippen LogP contribution is 2.20. The van der Waals surface area contributed by atoms with Crippen molar-refractivity contribution in [2.75, 3.05) is 0 Å². The summed E-state index contributed by atoms with van der Waals surface area (Å²) in [5, 5.41) is 0.554. The SMILES string of the molecule is CCc1ccc(Cl)cc1C(=O)OC(C)(C)C. The molecule has 1 aromatic carbocycles. The molecule has 0 aliphatic heterocycles. The molecule has 0 radical (unpaired) electrons. The lowest BCUT2D eigenvalue weighted by Crippen LogP contribution is -2.24. The zero-order valence-electron chi connectivity index (χ0n) is 10.1. The molecule has 3 heteroatoms. The Labute approximate surface area is 102 Å². The summed E-state index contributed by atoms with van der Waals surface area (Å²) in [4.78, 5) is 11.9. The first-order chi connectivity index (χ1) is 7.33. The first-order valence-corrected chi connectivity index (χ1v) is 5.73. The van der Waals surface area contributed by atoms with Gasteiger partial charge in [-0.3, -0.25) is 0 Å². The molecule has 16 heavy (non-hydrogen) atoms. The summed E-state index contributed by atoms with van der Waals surface area (Å²) in [6, 6.07) is 5.31. The van der Waals surface area contributed by atoms with Gasteiger partial charge in [0.05, 0.1) is 5.56 Å². The van der Waals surface area contributed by atoms with Gasteiger partial charge < -0.3 is 4.74 Å². The first kappa shape index (κ1) is 13.0. The maximum Gasteiger partial charge on any atom is 0.338 e. The highest BCUT2D eigenvalue weighted by molar-refractivity contribution is 6.31. The molecule has 0 atom stereocenters. The quantitative estimate of drug-likeness (QED) is 0.734. The average molecular weight is 241 g/mol. The van der Waals surface area contributed by atoms with Crippen molar-refractivity contribution >= 4 is 17.6 Å². The number of hydrogen-bond donors (Lipinski definition) is 0. The summed E-state index contributed by atoms with van der Waals surface area (Å²) < 4.78 is 5.32. The Morgan fingerprint density at radius 1 is 1.38 bits per heavy atom. The van der Waals surface area contributed by atoms with E-state index in [0.717, 1.165) is 12.0 Å². The summed E-state index contributed by atoms with van der Waals surface area (Å²) >= 11 is 5.88. The fourth-order valence-electron chi connectivity index (χ4n) is 1.38. The van der Waals surface area contributed by atoms with Gasteiger partial charge in [-0.25, -0.2) is 4.79 Å². The highest BCUT2D eigenvalue weighted by Gasteiger charge is 2.19. The number of carbonyl (C=O) groups is 1. The van der Waals surface area contributed by atoms with E-state index in [0.29, 0.717) is 10.6 Å². The molecule has 0 aromatic heterocycles. The van der Waals surface area contributed by atoms with Crippen LogP contribution >= 0.6 is 11.6 Å². The number of hydrogen-bond acceptors (Lipinski definition) is 2. The van der Waals surface area contributed by atoms with E-state index < -0.39 is 5.60 Å². The smallest absolute Gasteiger partial charge is 0.338 e. The Balaban J connectivity index is 3.02. The van der Waals surface area contributed by atoms with E-state index in [1.807, 2.05) is 33.8 Å². The van der Waals surface area contributed by atoms with Crippen LogP contribution in [0.4, 0.5) is 0 Å². The fourth-order valence-corrected chi connectivity index (χ4v) is 1.55. The van der Waals surface area contributed by atoms with Gasteiger partial charge in [0.2, 0.25) is 0 Å². The van der Waals surface area contributed by atoms with Crippen LogP contribution in [0.3, 0.4) is 0 Å². The van der Waals surface area contributed by atoms with Crippen LogP contribution in [0.2, 0.25) is 5.02 Å². The minimum absolute atomic E-state index is 0.313. The predicted molar refractivity (Wildman–Crippen MR) is 66.0 cm³/mol. The molecule has 0 bridgehead atoms. The van der Waals surface area contributed by atoms with Crippen LogP contribution in [-0.4, -0.2) is 11.6 Å². The van der Waals surface area contributed by atoms with Gasteiger partial charge in [0.15, 0.2) is 0 Å². The Hall–Kier alpha value is -1.02. The molecule has 0 aliphatic rings. The van der Waals surface area contributed by atoms with Crippen molar-refractivity contribution in [3.63, 3.8) is 0 Å². The molecule has 0 unspecified atom stereocenters. The van der Waals surface area contributed by atoms with Crippen molar-refractivity contribution in [1.29, 1.82) is 0 Å². The Morgan fingerprint density at radius 3 is 2.50 bits per heavy atom. The van der Waals surface area contributed by atoms with E-state index in [-0.39, 0.29) is 5.97 Å². The summed E-state index contributed by atoms with van der Waals surface area (Å²) in [6.45, 7) is 7.54. The third-order valence-corrected chi connectivity index (χ3v) is 2.31. The molecule has 0 saturated heterocycles. The number of rotatable bonds is 2. The molecule has 0 spiro atoms. The second-order valence-corrected chi connectivity index (χ2v) is 5.09. The third-order valence-electron chi connectivity index (χ3n) is 2.07. The largest absolute Gasteiger partial charge is 0.456 e. The van der Waals surface area contributed by atoms with Crippen LogP contribution in [-0.2, 0) is 11.2 Å². The fraction of sp³-hybridized carbons (Fsp3) is 0.462. The van der Waals surface area contributed by atoms with E-state index in [9.17, 15) is 4.79 Å². The monoisotopic (exact) mass is 240 g/mol. The van der Waals surface area contributed by atoms with Crippen LogP contribution in [0.15, 0.2) is 18.2 Å². The van der Waals surface area contributed by atoms with E-state index in [1.165, 1.54) is 0 Å². The summed E-state index contributed by atoms with van der Waals surface area (Å²) in [7, 11) is 0. The lowest BCUT2D eigenvalue weighted by molar-refractivity contribution is 0.00684. The van der Waals surface area contributed by atoms with Crippen molar-refractivity contribution in [2.45, 2.75) is 39.7 Å². The number of benzene rings is 1. The van der Waals surface area contributed by atoms with Gasteiger partial charge in [-0.05, 0) is 44.9 Å². The zero-order chi connectivity index (χ0) is 12.3. The summed E-state index contributed by atoms with van der Waals surface area (Å²) in [5.74, 6) is -0.313. The highest BCUT2D eigenvalue weighted by atomic mass is 35.5. The molecule has 0 fully saturated rings. The molecule has 88 valence electrons. The predicted octanol–water partition coefficient (Wildman–Crippen LogP) is 3.86. The van der Waals surface area contributed by atoms with Gasteiger partial charge in [0.1, 0.15) is 5.60 Å². The molecule has 0 amide bonds. The van der Waals surface area contributed by atoms with Crippen molar-refractivity contribution in [2.24, 2.45) is 0 Å². The van der Waals surface area contributed by atoms with Crippen molar-refractivity contribution in [1.82, 2.24) is 0 Å². The van der Waals surface area contributed by atoms with Crippen molar-refractivity contribution < 1.29 is 9.53 Å². The van der Waals surface area contributed by atoms with Gasteiger partial charge in [-0.15, -0.1) is 0 Å². The van der Waals surface area contributed by atoms with Gasteiger partial charge in [0, 0.05) is 5.02 Å². The molecule has 2 nitrogen and oxygen atoms in total. The molecule has 1 rings (SSSR count). The lowest BCUT2D eigenvalue weighted by atomic mass is 10.1. The minimum atomic E-state index is -0.482. The van der Waals surface area contributed by atoms with Crippen LogP contribution in [0.5, 0.6) is 0 Å². The molecule has 1 aromatic rings. The normalized spacial score (nSPS) is 11.3. The third kappa shape index (κ3) is 3.53. The Morgan fingerprint density at radius 2 is 2.00 bits per heavy atom. The van der Waals surface area contributed by atoms with E-state index >= 15 is 0 Å². The molecule has 0 heterocycles. The van der Waals surface area contributed by atoms with Gasteiger partial charge >= 0.3 is 5.97 Å². The second kappa shape index (κ2) is 4.88. The number of carbonyl (C=O) groups excluding carboxylic acids is 1. The Kier molecular flexibility index (Phi) is 3.98. The molecular weight excluding hydrogens is 224 g/mol. The summed E-state index contributed by atoms with van der Waals surface area (Å²) in [5.41, 5.74) is 1.04. The van der Waals surface area contributed by atoms with Crippen LogP contribution in [0.25, 0.3) is 0 Å². The number of esters is 1. The van der Waals surface area contributed by atoms with E-state index in [1.54, 1.807) is 12.1 Å². The van der Waals surface area contributed by atoms with E-state index in [2.05, 4.69) is 0 Å².